The van der Waals surface area contributed by atoms with Crippen LogP contribution in [0.5, 0.6) is 5.75 Å². The van der Waals surface area contributed by atoms with E-state index in [9.17, 15) is 24.6 Å². The normalized spacial score (nSPS) is 23.4. The molecule has 0 spiro atoms. The van der Waals surface area contributed by atoms with E-state index < -0.39 is 53.9 Å². The fraction of sp³-hybridized carbons (Fsp3) is 0.464. The zero-order valence-corrected chi connectivity index (χ0v) is 21.9. The van der Waals surface area contributed by atoms with Crippen LogP contribution in [0.2, 0.25) is 0 Å². The van der Waals surface area contributed by atoms with Gasteiger partial charge in [0.25, 0.3) is 17.7 Å². The summed E-state index contributed by atoms with van der Waals surface area (Å²) in [4.78, 5) is 41.4. The molecule has 0 aromatic heterocycles. The molecule has 1 unspecified atom stereocenters. The number of likely N-dealkylation sites (tertiary alicyclic amines) is 2. The van der Waals surface area contributed by atoms with Crippen molar-refractivity contribution in [3.05, 3.63) is 64.7 Å². The molecule has 8 nitrogen and oxygen atoms in total. The van der Waals surface area contributed by atoms with E-state index in [2.05, 4.69) is 5.32 Å². The summed E-state index contributed by atoms with van der Waals surface area (Å²) in [6.45, 7) is 5.45. The zero-order valence-electron chi connectivity index (χ0n) is 21.9. The number of β-lactam (4-membered cyclic amide) rings is 1. The molecular formula is C28H33F2N3O5. The molecule has 0 radical (unpaired) electrons. The number of amides is 3. The Kier molecular flexibility index (Phi) is 7.22. The number of rotatable bonds is 8. The number of nitrogens with one attached hydrogen (secondary N) is 1. The Morgan fingerprint density at radius 3 is 2.47 bits per heavy atom. The molecule has 204 valence electrons. The molecule has 0 aliphatic carbocycles. The van der Waals surface area contributed by atoms with Gasteiger partial charge < -0.3 is 25.3 Å². The average Bonchev–Trinajstić information content (AvgIpc) is 3.06. The average molecular weight is 530 g/mol. The molecule has 2 heterocycles. The smallest absolute Gasteiger partial charge is 0.290 e. The number of aromatic hydroxyl groups is 1. The minimum Gasteiger partial charge on any atom is -0.508 e. The largest absolute Gasteiger partial charge is 0.508 e. The fourth-order valence-electron chi connectivity index (χ4n) is 5.54. The molecule has 10 heteroatoms. The molecule has 3 N–H and O–H groups in total. The third-order valence-corrected chi connectivity index (χ3v) is 7.76. The van der Waals surface area contributed by atoms with Crippen LogP contribution < -0.4 is 5.32 Å². The molecule has 0 bridgehead atoms. The number of aliphatic hydroxyl groups is 1. The van der Waals surface area contributed by atoms with E-state index in [0.29, 0.717) is 23.1 Å². The number of hydrogen-bond donors (Lipinski definition) is 3. The van der Waals surface area contributed by atoms with E-state index >= 15 is 8.78 Å². The molecule has 0 saturated carbocycles. The van der Waals surface area contributed by atoms with Crippen LogP contribution in [-0.2, 0) is 16.0 Å². The van der Waals surface area contributed by atoms with Crippen LogP contribution in [-0.4, -0.2) is 80.5 Å². The van der Waals surface area contributed by atoms with Crippen molar-refractivity contribution in [1.82, 2.24) is 15.1 Å². The summed E-state index contributed by atoms with van der Waals surface area (Å²) >= 11 is 0. The minimum atomic E-state index is -3.37. The van der Waals surface area contributed by atoms with Crippen molar-refractivity contribution < 1.29 is 33.4 Å². The van der Waals surface area contributed by atoms with E-state index in [1.165, 1.54) is 13.0 Å². The number of carbonyl (C=O) groups is 3. The highest BCUT2D eigenvalue weighted by Gasteiger charge is 2.77. The maximum Gasteiger partial charge on any atom is 0.290 e. The van der Waals surface area contributed by atoms with E-state index in [1.807, 2.05) is 0 Å². The molecule has 2 saturated heterocycles. The summed E-state index contributed by atoms with van der Waals surface area (Å²) in [6, 6.07) is 9.29. The summed E-state index contributed by atoms with van der Waals surface area (Å²) < 4.78 is 30.4. The van der Waals surface area contributed by atoms with Gasteiger partial charge in [-0.3, -0.25) is 14.4 Å². The maximum absolute atomic E-state index is 15.2. The Bertz CT molecular complexity index is 1250. The number of phenols is 1. The molecule has 2 aliphatic rings. The van der Waals surface area contributed by atoms with Crippen molar-refractivity contribution in [2.75, 3.05) is 13.1 Å². The van der Waals surface area contributed by atoms with Crippen LogP contribution in [0.25, 0.3) is 0 Å². The predicted molar refractivity (Wildman–Crippen MR) is 136 cm³/mol. The third-order valence-electron chi connectivity index (χ3n) is 7.76. The third kappa shape index (κ3) is 4.40. The van der Waals surface area contributed by atoms with Crippen molar-refractivity contribution >= 4 is 17.7 Å². The van der Waals surface area contributed by atoms with E-state index in [1.54, 1.807) is 57.2 Å². The second-order valence-electron chi connectivity index (χ2n) is 10.4. The Balaban J connectivity index is 1.63. The number of carbonyl (C=O) groups excluding carboxylic acids is 3. The van der Waals surface area contributed by atoms with Gasteiger partial charge in [-0.05, 0) is 56.9 Å². The Morgan fingerprint density at radius 2 is 1.84 bits per heavy atom. The van der Waals surface area contributed by atoms with Gasteiger partial charge in [0.15, 0.2) is 6.10 Å². The van der Waals surface area contributed by atoms with Gasteiger partial charge in [0.05, 0.1) is 12.6 Å². The fourth-order valence-corrected chi connectivity index (χ4v) is 5.54. The first-order valence-corrected chi connectivity index (χ1v) is 12.7. The van der Waals surface area contributed by atoms with Crippen LogP contribution in [0.15, 0.2) is 42.5 Å². The summed E-state index contributed by atoms with van der Waals surface area (Å²) in [5.74, 6) is -5.72. The number of aryl methyl sites for hydroxylation is 1. The Hall–Kier alpha value is -3.53. The summed E-state index contributed by atoms with van der Waals surface area (Å²) in [6.07, 6.45) is -1.39. The molecule has 38 heavy (non-hydrogen) atoms. The first kappa shape index (κ1) is 27.5. The van der Waals surface area contributed by atoms with Crippen LogP contribution in [0.3, 0.4) is 0 Å². The van der Waals surface area contributed by atoms with Gasteiger partial charge in [0.1, 0.15) is 17.3 Å². The van der Waals surface area contributed by atoms with Crippen molar-refractivity contribution in [3.8, 4) is 5.75 Å². The Labute approximate surface area is 220 Å². The van der Waals surface area contributed by atoms with Gasteiger partial charge >= 0.3 is 0 Å². The summed E-state index contributed by atoms with van der Waals surface area (Å²) in [5, 5.41) is 24.0. The molecule has 2 aromatic rings. The highest BCUT2D eigenvalue weighted by molar-refractivity contribution is 5.99. The quantitative estimate of drug-likeness (QED) is 0.456. The number of phenolic OH excluding ortho intramolecular Hbond substituents is 1. The maximum atomic E-state index is 15.2. The van der Waals surface area contributed by atoms with E-state index in [4.69, 9.17) is 0 Å². The van der Waals surface area contributed by atoms with Crippen LogP contribution in [0.1, 0.15) is 47.3 Å². The number of alkyl halides is 2. The molecule has 2 aromatic carbocycles. The molecule has 4 atom stereocenters. The summed E-state index contributed by atoms with van der Waals surface area (Å²) in [5.41, 5.74) is -0.0560. The molecule has 3 amide bonds. The van der Waals surface area contributed by atoms with Crippen LogP contribution in [0.4, 0.5) is 8.78 Å². The van der Waals surface area contributed by atoms with Gasteiger partial charge in [-0.25, -0.2) is 8.78 Å². The molecule has 4 rings (SSSR count). The molecule has 2 aliphatic heterocycles. The Morgan fingerprint density at radius 1 is 1.18 bits per heavy atom. The number of halogens is 2. The molecule has 2 fully saturated rings. The van der Waals surface area contributed by atoms with Crippen LogP contribution in [0, 0.1) is 13.8 Å². The highest BCUT2D eigenvalue weighted by Crippen LogP contribution is 2.52. The lowest BCUT2D eigenvalue weighted by atomic mass is 9.78. The first-order chi connectivity index (χ1) is 17.8. The van der Waals surface area contributed by atoms with E-state index in [-0.39, 0.29) is 24.3 Å². The predicted octanol–water partition coefficient (Wildman–Crippen LogP) is 2.57. The lowest BCUT2D eigenvalue weighted by Crippen LogP contribution is -2.78. The van der Waals surface area contributed by atoms with Crippen molar-refractivity contribution in [3.63, 3.8) is 0 Å². The van der Waals surface area contributed by atoms with Crippen LogP contribution >= 0.6 is 0 Å². The topological polar surface area (TPSA) is 110 Å². The zero-order chi connectivity index (χ0) is 28.0. The molecular weight excluding hydrogens is 496 g/mol. The van der Waals surface area contributed by atoms with Crippen molar-refractivity contribution in [2.24, 2.45) is 0 Å². The first-order valence-electron chi connectivity index (χ1n) is 12.7. The van der Waals surface area contributed by atoms with Gasteiger partial charge in [-0.2, -0.15) is 0 Å². The van der Waals surface area contributed by atoms with Gasteiger partial charge in [-0.15, -0.1) is 0 Å². The highest BCUT2D eigenvalue weighted by atomic mass is 19.3. The van der Waals surface area contributed by atoms with E-state index in [0.717, 1.165) is 9.80 Å². The van der Waals surface area contributed by atoms with Gasteiger partial charge in [0, 0.05) is 17.7 Å². The SMILES string of the molecule is CCCN1C(=O)[C@H]2N(C(=O)[C@@H](O)[C@H](Cc3ccccc3)NC(=O)c3cc(C)cc(O)c3C)CC(F)(F)C21C. The summed E-state index contributed by atoms with van der Waals surface area (Å²) in [7, 11) is 0. The lowest BCUT2D eigenvalue weighted by Gasteiger charge is -2.54. The number of nitrogens with zero attached hydrogens (tertiary/aromatic N) is 2. The second-order valence-corrected chi connectivity index (χ2v) is 10.4. The number of fused-ring (bicyclic) bond motifs is 1. The second kappa shape index (κ2) is 9.98. The standard InChI is InChI=1S/C28H33F2N3O5/c1-5-11-33-26(38)23-27(33,4)28(29,30)15-32(23)25(37)22(35)20(14-18-9-7-6-8-10-18)31-24(36)19-12-16(2)13-21(34)17(19)3/h6-10,12-13,20,22-23,34-35H,5,11,14-15H2,1-4H3,(H,31,36)/t20-,22-,23+,27?/m0/s1. The van der Waals surface area contributed by atoms with Crippen molar-refractivity contribution in [2.45, 2.75) is 70.2 Å². The van der Waals surface area contributed by atoms with Crippen molar-refractivity contribution in [1.29, 1.82) is 0 Å². The number of aliphatic hydroxyl groups excluding tert-OH is 1. The minimum absolute atomic E-state index is 0.0262. The monoisotopic (exact) mass is 529 g/mol. The van der Waals surface area contributed by atoms with Gasteiger partial charge in [0.2, 0.25) is 5.91 Å². The number of benzene rings is 2. The van der Waals surface area contributed by atoms with Gasteiger partial charge in [-0.1, -0.05) is 37.3 Å². The lowest BCUT2D eigenvalue weighted by molar-refractivity contribution is -0.190. The number of hydrogen-bond acceptors (Lipinski definition) is 5.